The topological polar surface area (TPSA) is 68.3 Å². The summed E-state index contributed by atoms with van der Waals surface area (Å²) in [4.78, 5) is 20.3. The summed E-state index contributed by atoms with van der Waals surface area (Å²) < 4.78 is 0. The van der Waals surface area contributed by atoms with E-state index in [0.29, 0.717) is 17.8 Å². The summed E-state index contributed by atoms with van der Waals surface area (Å²) in [6, 6.07) is 15.3. The number of aromatic nitrogens is 1. The van der Waals surface area contributed by atoms with Crippen molar-refractivity contribution >= 4 is 29.0 Å². The molecule has 0 saturated heterocycles. The van der Waals surface area contributed by atoms with Crippen LogP contribution in [0.1, 0.15) is 27.9 Å². The van der Waals surface area contributed by atoms with Crippen molar-refractivity contribution in [2.24, 2.45) is 4.99 Å². The number of hydrogen-bond acceptors (Lipinski definition) is 5. The predicted molar refractivity (Wildman–Crippen MR) is 99.7 cm³/mol. The Morgan fingerprint density at radius 1 is 1.25 bits per heavy atom. The largest absolute Gasteiger partial charge is 0.398 e. The molecule has 0 bridgehead atoms. The molecule has 0 aliphatic rings. The fraction of sp³-hybridized carbons (Fsp3) is 0.105. The van der Waals surface area contributed by atoms with Crippen molar-refractivity contribution in [2.75, 3.05) is 5.73 Å². The maximum absolute atomic E-state index is 11.3. The van der Waals surface area contributed by atoms with Gasteiger partial charge in [0.1, 0.15) is 5.01 Å². The van der Waals surface area contributed by atoms with E-state index in [0.717, 1.165) is 21.8 Å². The number of anilines is 1. The van der Waals surface area contributed by atoms with Gasteiger partial charge in [0, 0.05) is 34.0 Å². The molecule has 0 unspecified atom stereocenters. The number of nitrogens with two attached hydrogens (primary N) is 1. The Morgan fingerprint density at radius 3 is 2.75 bits per heavy atom. The molecule has 1 heterocycles. The molecule has 3 aromatic rings. The van der Waals surface area contributed by atoms with E-state index in [1.807, 2.05) is 41.8 Å². The van der Waals surface area contributed by atoms with E-state index in [-0.39, 0.29) is 5.78 Å². The van der Waals surface area contributed by atoms with Crippen LogP contribution >= 0.6 is 11.3 Å². The number of nitrogen functional groups attached to an aromatic ring is 1. The van der Waals surface area contributed by atoms with E-state index in [1.165, 1.54) is 6.92 Å². The van der Waals surface area contributed by atoms with Gasteiger partial charge in [-0.1, -0.05) is 42.5 Å². The minimum absolute atomic E-state index is 0.00131. The normalized spacial score (nSPS) is 11.0. The smallest absolute Gasteiger partial charge is 0.159 e. The average Bonchev–Trinajstić information content (AvgIpc) is 3.06. The van der Waals surface area contributed by atoms with Crippen LogP contribution in [-0.4, -0.2) is 17.0 Å². The fourth-order valence-electron chi connectivity index (χ4n) is 2.26. The number of benzene rings is 2. The average molecular weight is 335 g/mol. The molecule has 24 heavy (non-hydrogen) atoms. The van der Waals surface area contributed by atoms with Crippen molar-refractivity contribution in [3.63, 3.8) is 0 Å². The summed E-state index contributed by atoms with van der Waals surface area (Å²) in [6.07, 6.45) is 1.73. The highest BCUT2D eigenvalue weighted by Gasteiger charge is 2.04. The lowest BCUT2D eigenvalue weighted by Gasteiger charge is -2.02. The predicted octanol–water partition coefficient (Wildman–Crippen LogP) is 4.21. The van der Waals surface area contributed by atoms with Crippen molar-refractivity contribution < 1.29 is 4.79 Å². The second kappa shape index (κ2) is 7.19. The molecule has 0 fully saturated rings. The van der Waals surface area contributed by atoms with Crippen LogP contribution in [0.4, 0.5) is 5.69 Å². The van der Waals surface area contributed by atoms with Gasteiger partial charge in [0.2, 0.25) is 0 Å². The summed E-state index contributed by atoms with van der Waals surface area (Å²) in [5.74, 6) is 0.00131. The molecular formula is C19H17N3OS. The number of carbonyl (C=O) groups excluding carboxylic acids is 1. The molecule has 4 nitrogen and oxygen atoms in total. The van der Waals surface area contributed by atoms with Crippen molar-refractivity contribution in [2.45, 2.75) is 13.5 Å². The van der Waals surface area contributed by atoms with Crippen LogP contribution < -0.4 is 5.73 Å². The van der Waals surface area contributed by atoms with Crippen LogP contribution in [0, 0.1) is 0 Å². The molecule has 0 spiro atoms. The number of carbonyl (C=O) groups is 1. The first kappa shape index (κ1) is 16.1. The zero-order valence-electron chi connectivity index (χ0n) is 13.3. The molecule has 1 aromatic heterocycles. The first-order chi connectivity index (χ1) is 11.6. The fourth-order valence-corrected chi connectivity index (χ4v) is 2.99. The molecular weight excluding hydrogens is 318 g/mol. The third-order valence-electron chi connectivity index (χ3n) is 3.57. The third kappa shape index (κ3) is 3.75. The van der Waals surface area contributed by atoms with Crippen LogP contribution in [0.3, 0.4) is 0 Å². The number of thiazole rings is 1. The van der Waals surface area contributed by atoms with Gasteiger partial charge in [0.25, 0.3) is 0 Å². The SMILES string of the molecule is CC(=O)c1ccc(C=NCc2nc(-c3ccccc3)cs2)c(N)c1. The van der Waals surface area contributed by atoms with Crippen molar-refractivity contribution in [3.8, 4) is 11.3 Å². The molecule has 2 aromatic carbocycles. The van der Waals surface area contributed by atoms with Crippen LogP contribution in [-0.2, 0) is 6.54 Å². The molecule has 3 rings (SSSR count). The van der Waals surface area contributed by atoms with Crippen molar-refractivity contribution in [1.82, 2.24) is 4.98 Å². The van der Waals surface area contributed by atoms with Gasteiger partial charge < -0.3 is 5.73 Å². The summed E-state index contributed by atoms with van der Waals surface area (Å²) in [6.45, 7) is 2.03. The maximum Gasteiger partial charge on any atom is 0.159 e. The summed E-state index contributed by atoms with van der Waals surface area (Å²) >= 11 is 1.59. The lowest BCUT2D eigenvalue weighted by Crippen LogP contribution is -1.98. The highest BCUT2D eigenvalue weighted by molar-refractivity contribution is 7.09. The van der Waals surface area contributed by atoms with Gasteiger partial charge in [-0.05, 0) is 13.0 Å². The quantitative estimate of drug-likeness (QED) is 0.431. The molecule has 0 aliphatic heterocycles. The van der Waals surface area contributed by atoms with Crippen LogP contribution in [0.15, 0.2) is 58.9 Å². The van der Waals surface area contributed by atoms with Crippen LogP contribution in [0.5, 0.6) is 0 Å². The van der Waals surface area contributed by atoms with Gasteiger partial charge in [0.15, 0.2) is 5.78 Å². The molecule has 120 valence electrons. The van der Waals surface area contributed by atoms with Crippen LogP contribution in [0.2, 0.25) is 0 Å². The Hall–Kier alpha value is -2.79. The van der Waals surface area contributed by atoms with Gasteiger partial charge in [0.05, 0.1) is 12.2 Å². The summed E-state index contributed by atoms with van der Waals surface area (Å²) in [5, 5.41) is 2.99. The third-order valence-corrected chi connectivity index (χ3v) is 4.41. The number of Topliss-reactive ketones (excluding diaryl/α,β-unsaturated/α-hetero) is 1. The first-order valence-electron chi connectivity index (χ1n) is 7.53. The van der Waals surface area contributed by atoms with Gasteiger partial charge in [-0.25, -0.2) is 4.98 Å². The van der Waals surface area contributed by atoms with E-state index >= 15 is 0 Å². The lowest BCUT2D eigenvalue weighted by molar-refractivity contribution is 0.101. The van der Waals surface area contributed by atoms with Crippen LogP contribution in [0.25, 0.3) is 11.3 Å². The zero-order valence-corrected chi connectivity index (χ0v) is 14.1. The molecule has 0 atom stereocenters. The Morgan fingerprint density at radius 2 is 2.04 bits per heavy atom. The van der Waals surface area contributed by atoms with Gasteiger partial charge in [-0.2, -0.15) is 0 Å². The number of rotatable bonds is 5. The molecule has 0 radical (unpaired) electrons. The van der Waals surface area contributed by atoms with Gasteiger partial charge in [-0.15, -0.1) is 11.3 Å². The minimum atomic E-state index is 0.00131. The second-order valence-electron chi connectivity index (χ2n) is 5.36. The Kier molecular flexibility index (Phi) is 4.82. The number of hydrogen-bond donors (Lipinski definition) is 1. The van der Waals surface area contributed by atoms with E-state index in [4.69, 9.17) is 5.73 Å². The second-order valence-corrected chi connectivity index (χ2v) is 6.30. The molecule has 0 saturated carbocycles. The van der Waals surface area contributed by atoms with E-state index < -0.39 is 0 Å². The summed E-state index contributed by atoms with van der Waals surface area (Å²) in [5.41, 5.74) is 10.0. The van der Waals surface area contributed by atoms with E-state index in [2.05, 4.69) is 9.98 Å². The lowest BCUT2D eigenvalue weighted by atomic mass is 10.1. The zero-order chi connectivity index (χ0) is 16.9. The van der Waals surface area contributed by atoms with Gasteiger partial charge in [-0.3, -0.25) is 9.79 Å². The Labute approximate surface area is 144 Å². The Balaban J connectivity index is 1.69. The number of ketones is 1. The molecule has 5 heteroatoms. The first-order valence-corrected chi connectivity index (χ1v) is 8.41. The standard InChI is InChI=1S/C19H17N3OS/c1-13(23)15-7-8-16(17(20)9-15)10-21-11-19-22-18(12-24-19)14-5-3-2-4-6-14/h2-10,12H,11,20H2,1H3. The highest BCUT2D eigenvalue weighted by atomic mass is 32.1. The number of nitrogens with zero attached hydrogens (tertiary/aromatic N) is 2. The maximum atomic E-state index is 11.3. The molecule has 2 N–H and O–H groups in total. The van der Waals surface area contributed by atoms with E-state index in [9.17, 15) is 4.79 Å². The monoisotopic (exact) mass is 335 g/mol. The Bertz CT molecular complexity index is 885. The molecule has 0 aliphatic carbocycles. The van der Waals surface area contributed by atoms with E-state index in [1.54, 1.807) is 29.7 Å². The summed E-state index contributed by atoms with van der Waals surface area (Å²) in [7, 11) is 0. The van der Waals surface area contributed by atoms with Crippen molar-refractivity contribution in [3.05, 3.63) is 70.0 Å². The van der Waals surface area contributed by atoms with Gasteiger partial charge >= 0.3 is 0 Å². The molecule has 0 amide bonds. The number of aliphatic imine (C=N–C) groups is 1. The van der Waals surface area contributed by atoms with Crippen molar-refractivity contribution in [1.29, 1.82) is 0 Å². The highest BCUT2D eigenvalue weighted by Crippen LogP contribution is 2.22. The minimum Gasteiger partial charge on any atom is -0.398 e.